The Morgan fingerprint density at radius 1 is 0.929 bits per heavy atom. The molecule has 2 rings (SSSR count). The van der Waals surface area contributed by atoms with Gasteiger partial charge in [0.1, 0.15) is 5.75 Å². The molecule has 0 saturated carbocycles. The lowest BCUT2D eigenvalue weighted by atomic mass is 10.2. The zero-order valence-corrected chi connectivity index (χ0v) is 8.11. The summed E-state index contributed by atoms with van der Waals surface area (Å²) in [6.45, 7) is 0. The van der Waals surface area contributed by atoms with E-state index < -0.39 is 0 Å². The first kappa shape index (κ1) is 10.5. The molecule has 0 fully saturated rings. The number of phenols is 1. The van der Waals surface area contributed by atoms with Crippen molar-refractivity contribution in [2.24, 2.45) is 0 Å². The summed E-state index contributed by atoms with van der Waals surface area (Å²) < 4.78 is 0. The number of benzene rings is 1. The van der Waals surface area contributed by atoms with Crippen LogP contribution in [-0.4, -0.2) is 15.1 Å². The summed E-state index contributed by atoms with van der Waals surface area (Å²) in [4.78, 5) is 8.17. The van der Waals surface area contributed by atoms with Gasteiger partial charge in [0.05, 0.1) is 0 Å². The molecule has 0 bridgehead atoms. The van der Waals surface area contributed by atoms with Gasteiger partial charge in [-0.3, -0.25) is 0 Å². The van der Waals surface area contributed by atoms with E-state index in [2.05, 4.69) is 9.97 Å². The molecule has 0 atom stereocenters. The van der Waals surface area contributed by atoms with Crippen LogP contribution in [-0.2, 0) is 0 Å². The molecule has 72 valence electrons. The van der Waals surface area contributed by atoms with Crippen molar-refractivity contribution in [2.45, 2.75) is 0 Å². The van der Waals surface area contributed by atoms with Crippen LogP contribution in [0.5, 0.6) is 5.75 Å². The van der Waals surface area contributed by atoms with Crippen LogP contribution < -0.4 is 0 Å². The Kier molecular flexibility index (Phi) is 3.42. The van der Waals surface area contributed by atoms with Gasteiger partial charge in [-0.25, -0.2) is 9.97 Å². The molecule has 0 aliphatic carbocycles. The van der Waals surface area contributed by atoms with Crippen LogP contribution in [0.25, 0.3) is 11.4 Å². The van der Waals surface area contributed by atoms with Gasteiger partial charge in [-0.15, -0.1) is 12.4 Å². The average molecular weight is 209 g/mol. The van der Waals surface area contributed by atoms with Gasteiger partial charge >= 0.3 is 0 Å². The Morgan fingerprint density at radius 3 is 2.07 bits per heavy atom. The maximum Gasteiger partial charge on any atom is 0.159 e. The van der Waals surface area contributed by atoms with E-state index in [4.69, 9.17) is 5.11 Å². The van der Waals surface area contributed by atoms with Crippen LogP contribution in [0.15, 0.2) is 42.7 Å². The van der Waals surface area contributed by atoms with Crippen LogP contribution >= 0.6 is 12.4 Å². The van der Waals surface area contributed by atoms with Crippen molar-refractivity contribution in [1.82, 2.24) is 9.97 Å². The Balaban J connectivity index is 0.000000980. The predicted octanol–water partition coefficient (Wildman–Crippen LogP) is 2.27. The number of nitrogens with zero attached hydrogens (tertiary/aromatic N) is 2. The molecule has 0 spiro atoms. The molecule has 2 aromatic rings. The van der Waals surface area contributed by atoms with Crippen LogP contribution in [0.3, 0.4) is 0 Å². The van der Waals surface area contributed by atoms with Crippen molar-refractivity contribution >= 4 is 12.4 Å². The van der Waals surface area contributed by atoms with Gasteiger partial charge in [0, 0.05) is 18.0 Å². The molecule has 0 amide bonds. The lowest BCUT2D eigenvalue weighted by molar-refractivity contribution is 0.475. The Bertz CT molecular complexity index is 389. The third-order valence-electron chi connectivity index (χ3n) is 1.69. The van der Waals surface area contributed by atoms with E-state index in [-0.39, 0.29) is 18.2 Å². The summed E-state index contributed by atoms with van der Waals surface area (Å²) in [5.74, 6) is 0.919. The highest BCUT2D eigenvalue weighted by Gasteiger charge is 1.97. The van der Waals surface area contributed by atoms with Gasteiger partial charge in [-0.2, -0.15) is 0 Å². The molecule has 4 heteroatoms. The minimum absolute atomic E-state index is 0. The van der Waals surface area contributed by atoms with Crippen LogP contribution in [0, 0.1) is 0 Å². The van der Waals surface area contributed by atoms with E-state index in [0.29, 0.717) is 5.82 Å². The molecule has 3 nitrogen and oxygen atoms in total. The molecule has 0 radical (unpaired) electrons. The van der Waals surface area contributed by atoms with Gasteiger partial charge in [-0.1, -0.05) is 0 Å². The van der Waals surface area contributed by atoms with E-state index in [1.54, 1.807) is 42.7 Å². The lowest BCUT2D eigenvalue weighted by Crippen LogP contribution is -1.85. The average Bonchev–Trinajstić information content (AvgIpc) is 2.20. The van der Waals surface area contributed by atoms with E-state index in [1.807, 2.05) is 0 Å². The van der Waals surface area contributed by atoms with Crippen molar-refractivity contribution in [3.63, 3.8) is 0 Å². The van der Waals surface area contributed by atoms with Crippen LogP contribution in [0.1, 0.15) is 0 Å². The van der Waals surface area contributed by atoms with E-state index >= 15 is 0 Å². The van der Waals surface area contributed by atoms with Crippen LogP contribution in [0.4, 0.5) is 0 Å². The van der Waals surface area contributed by atoms with Gasteiger partial charge in [0.2, 0.25) is 0 Å². The van der Waals surface area contributed by atoms with Crippen molar-refractivity contribution in [3.05, 3.63) is 42.7 Å². The number of aromatic hydroxyl groups is 1. The fraction of sp³-hybridized carbons (Fsp3) is 0. The summed E-state index contributed by atoms with van der Waals surface area (Å²) in [7, 11) is 0. The van der Waals surface area contributed by atoms with Gasteiger partial charge in [0.25, 0.3) is 0 Å². The molecule has 14 heavy (non-hydrogen) atoms. The summed E-state index contributed by atoms with van der Waals surface area (Å²) >= 11 is 0. The van der Waals surface area contributed by atoms with Crippen molar-refractivity contribution in [1.29, 1.82) is 0 Å². The monoisotopic (exact) mass is 208 g/mol. The minimum Gasteiger partial charge on any atom is -0.508 e. The second-order valence-electron chi connectivity index (χ2n) is 2.62. The number of aromatic nitrogens is 2. The number of rotatable bonds is 1. The SMILES string of the molecule is Cl.Oc1ccc(-c2ncccn2)cc1. The zero-order chi connectivity index (χ0) is 9.10. The van der Waals surface area contributed by atoms with Gasteiger partial charge in [0.15, 0.2) is 5.82 Å². The summed E-state index contributed by atoms with van der Waals surface area (Å²) in [5.41, 5.74) is 0.901. The van der Waals surface area contributed by atoms with Crippen molar-refractivity contribution in [3.8, 4) is 17.1 Å². The fourth-order valence-corrected chi connectivity index (χ4v) is 1.06. The standard InChI is InChI=1S/C10H8N2O.ClH/c13-9-4-2-8(3-5-9)10-11-6-1-7-12-10;/h1-7,13H;1H. The maximum atomic E-state index is 9.06. The molecule has 0 aliphatic heterocycles. The van der Waals surface area contributed by atoms with Crippen molar-refractivity contribution in [2.75, 3.05) is 0 Å². The molecule has 0 saturated heterocycles. The molecular weight excluding hydrogens is 200 g/mol. The number of phenolic OH excluding ortho intramolecular Hbond substituents is 1. The van der Waals surface area contributed by atoms with Crippen LogP contribution in [0.2, 0.25) is 0 Å². The molecule has 0 unspecified atom stereocenters. The lowest BCUT2D eigenvalue weighted by Gasteiger charge is -1.98. The number of halogens is 1. The largest absolute Gasteiger partial charge is 0.508 e. The highest BCUT2D eigenvalue weighted by Crippen LogP contribution is 2.17. The third kappa shape index (κ3) is 2.20. The third-order valence-corrected chi connectivity index (χ3v) is 1.69. The number of hydrogen-bond acceptors (Lipinski definition) is 3. The zero-order valence-electron chi connectivity index (χ0n) is 7.29. The Hall–Kier alpha value is -1.61. The second-order valence-corrected chi connectivity index (χ2v) is 2.62. The Morgan fingerprint density at radius 2 is 1.50 bits per heavy atom. The van der Waals surface area contributed by atoms with E-state index in [1.165, 1.54) is 0 Å². The first-order valence-corrected chi connectivity index (χ1v) is 3.93. The predicted molar refractivity (Wildman–Crippen MR) is 56.4 cm³/mol. The highest BCUT2D eigenvalue weighted by molar-refractivity contribution is 5.85. The summed E-state index contributed by atoms with van der Waals surface area (Å²) in [6.07, 6.45) is 3.38. The van der Waals surface area contributed by atoms with Crippen molar-refractivity contribution < 1.29 is 5.11 Å². The molecule has 1 aromatic carbocycles. The second kappa shape index (κ2) is 4.58. The highest BCUT2D eigenvalue weighted by atomic mass is 35.5. The molecule has 1 aromatic heterocycles. The summed E-state index contributed by atoms with van der Waals surface area (Å²) in [5, 5.41) is 9.06. The summed E-state index contributed by atoms with van der Waals surface area (Å²) in [6, 6.07) is 8.57. The van der Waals surface area contributed by atoms with Gasteiger partial charge < -0.3 is 5.11 Å². The molecule has 1 N–H and O–H groups in total. The van der Waals surface area contributed by atoms with E-state index in [9.17, 15) is 0 Å². The smallest absolute Gasteiger partial charge is 0.159 e. The molecule has 0 aliphatic rings. The number of hydrogen-bond donors (Lipinski definition) is 1. The fourth-order valence-electron chi connectivity index (χ4n) is 1.06. The quantitative estimate of drug-likeness (QED) is 0.782. The minimum atomic E-state index is 0. The Labute approximate surface area is 87.9 Å². The van der Waals surface area contributed by atoms with E-state index in [0.717, 1.165) is 5.56 Å². The first-order valence-electron chi connectivity index (χ1n) is 3.93. The van der Waals surface area contributed by atoms with Gasteiger partial charge in [-0.05, 0) is 30.3 Å². The molecular formula is C10H9ClN2O. The molecule has 1 heterocycles. The topological polar surface area (TPSA) is 46.0 Å². The first-order chi connectivity index (χ1) is 6.36. The maximum absolute atomic E-state index is 9.06. The normalized spacial score (nSPS) is 9.14.